The molecule has 114 valence electrons. The summed E-state index contributed by atoms with van der Waals surface area (Å²) in [7, 11) is -2.13. The van der Waals surface area contributed by atoms with Crippen LogP contribution in [0.5, 0.6) is 5.75 Å². The standard InChI is InChI=1S/C12H10Br3NO3S2/c1-6-11(5-12(15)20-6)21(17,18)16-9-4-10(19-2)8(14)3-7(9)13/h3-5,16H,1-2H3. The number of hydrogen-bond donors (Lipinski definition) is 1. The molecule has 2 rings (SSSR count). The molecule has 2 aromatic rings. The number of methoxy groups -OCH3 is 1. The molecule has 1 aromatic heterocycles. The van der Waals surface area contributed by atoms with Gasteiger partial charge < -0.3 is 4.74 Å². The molecule has 0 aliphatic rings. The average molecular weight is 520 g/mol. The zero-order valence-corrected chi connectivity index (χ0v) is 17.3. The molecule has 0 unspecified atom stereocenters. The lowest BCUT2D eigenvalue weighted by atomic mass is 10.3. The molecule has 0 saturated heterocycles. The summed E-state index contributed by atoms with van der Waals surface area (Å²) in [6.45, 7) is 1.77. The van der Waals surface area contributed by atoms with Crippen LogP contribution in [0.4, 0.5) is 5.69 Å². The molecule has 0 bridgehead atoms. The molecule has 4 nitrogen and oxygen atoms in total. The number of thiophene rings is 1. The van der Waals surface area contributed by atoms with Crippen LogP contribution >= 0.6 is 59.1 Å². The maximum absolute atomic E-state index is 12.5. The second-order valence-electron chi connectivity index (χ2n) is 4.04. The van der Waals surface area contributed by atoms with Crippen molar-refractivity contribution in [2.45, 2.75) is 11.8 Å². The quantitative estimate of drug-likeness (QED) is 0.607. The highest BCUT2D eigenvalue weighted by Gasteiger charge is 2.21. The molecule has 0 aliphatic heterocycles. The summed E-state index contributed by atoms with van der Waals surface area (Å²) in [4.78, 5) is 0.975. The van der Waals surface area contributed by atoms with Gasteiger partial charge in [-0.05, 0) is 66.8 Å². The van der Waals surface area contributed by atoms with E-state index in [9.17, 15) is 8.42 Å². The van der Waals surface area contributed by atoms with E-state index >= 15 is 0 Å². The highest BCUT2D eigenvalue weighted by atomic mass is 79.9. The molecular weight excluding hydrogens is 510 g/mol. The number of benzene rings is 1. The Morgan fingerprint density at radius 3 is 2.33 bits per heavy atom. The minimum atomic E-state index is -3.65. The first-order valence-corrected chi connectivity index (χ1v) is 10.2. The molecule has 0 fully saturated rings. The summed E-state index contributed by atoms with van der Waals surface area (Å²) in [5.41, 5.74) is 0.414. The number of aryl methyl sites for hydroxylation is 1. The topological polar surface area (TPSA) is 55.4 Å². The van der Waals surface area contributed by atoms with Crippen molar-refractivity contribution >= 4 is 74.8 Å². The van der Waals surface area contributed by atoms with Gasteiger partial charge >= 0.3 is 0 Å². The van der Waals surface area contributed by atoms with Crippen molar-refractivity contribution in [3.05, 3.63) is 35.8 Å². The second-order valence-corrected chi connectivity index (χ2v) is 10.0. The Hall–Kier alpha value is -0.0900. The van der Waals surface area contributed by atoms with E-state index in [0.717, 1.165) is 13.1 Å². The maximum Gasteiger partial charge on any atom is 0.263 e. The molecule has 1 aromatic carbocycles. The first-order valence-electron chi connectivity index (χ1n) is 5.56. The minimum Gasteiger partial charge on any atom is -0.495 e. The summed E-state index contributed by atoms with van der Waals surface area (Å²) in [6.07, 6.45) is 0. The van der Waals surface area contributed by atoms with Crippen LogP contribution in [0.15, 0.2) is 35.8 Å². The Morgan fingerprint density at radius 2 is 1.81 bits per heavy atom. The molecule has 21 heavy (non-hydrogen) atoms. The SMILES string of the molecule is COc1cc(NS(=O)(=O)c2cc(Br)sc2C)c(Br)cc1Br. The van der Waals surface area contributed by atoms with Crippen molar-refractivity contribution in [3.8, 4) is 5.75 Å². The molecule has 0 amide bonds. The number of nitrogens with one attached hydrogen (secondary N) is 1. The van der Waals surface area contributed by atoms with Gasteiger partial charge in [0.05, 0.1) is 21.1 Å². The number of anilines is 1. The van der Waals surface area contributed by atoms with Gasteiger partial charge in [0.15, 0.2) is 0 Å². The number of sulfonamides is 1. The summed E-state index contributed by atoms with van der Waals surface area (Å²) >= 11 is 11.4. The van der Waals surface area contributed by atoms with Crippen molar-refractivity contribution in [2.24, 2.45) is 0 Å². The van der Waals surface area contributed by atoms with Crippen LogP contribution in [0.2, 0.25) is 0 Å². The van der Waals surface area contributed by atoms with E-state index in [-0.39, 0.29) is 4.90 Å². The normalized spacial score (nSPS) is 11.5. The minimum absolute atomic E-state index is 0.258. The third-order valence-electron chi connectivity index (χ3n) is 2.62. The summed E-state index contributed by atoms with van der Waals surface area (Å²) < 4.78 is 34.8. The largest absolute Gasteiger partial charge is 0.495 e. The van der Waals surface area contributed by atoms with Crippen LogP contribution in [0, 0.1) is 6.92 Å². The third-order valence-corrected chi connectivity index (χ3v) is 7.07. The lowest BCUT2D eigenvalue weighted by Crippen LogP contribution is -2.13. The van der Waals surface area contributed by atoms with Crippen LogP contribution in [0.1, 0.15) is 4.88 Å². The van der Waals surface area contributed by atoms with Gasteiger partial charge in [-0.15, -0.1) is 11.3 Å². The van der Waals surface area contributed by atoms with Gasteiger partial charge in [-0.3, -0.25) is 4.72 Å². The lowest BCUT2D eigenvalue weighted by molar-refractivity contribution is 0.412. The van der Waals surface area contributed by atoms with E-state index < -0.39 is 10.0 Å². The zero-order chi connectivity index (χ0) is 15.8. The monoisotopic (exact) mass is 517 g/mol. The number of halogens is 3. The smallest absolute Gasteiger partial charge is 0.263 e. The van der Waals surface area contributed by atoms with Crippen LogP contribution in [0.3, 0.4) is 0 Å². The fourth-order valence-corrected chi connectivity index (χ4v) is 6.53. The number of ether oxygens (including phenoxy) is 1. The zero-order valence-electron chi connectivity index (χ0n) is 10.9. The van der Waals surface area contributed by atoms with Crippen molar-refractivity contribution < 1.29 is 13.2 Å². The van der Waals surface area contributed by atoms with Gasteiger partial charge in [0.25, 0.3) is 10.0 Å². The molecular formula is C12H10Br3NO3S2. The number of hydrogen-bond acceptors (Lipinski definition) is 4. The molecule has 0 atom stereocenters. The van der Waals surface area contributed by atoms with Gasteiger partial charge in [0.1, 0.15) is 10.6 Å². The average Bonchev–Trinajstić information content (AvgIpc) is 2.72. The van der Waals surface area contributed by atoms with Gasteiger partial charge in [-0.25, -0.2) is 8.42 Å². The molecule has 1 heterocycles. The van der Waals surface area contributed by atoms with Crippen LogP contribution in [0.25, 0.3) is 0 Å². The van der Waals surface area contributed by atoms with Gasteiger partial charge in [0, 0.05) is 15.4 Å². The van der Waals surface area contributed by atoms with Crippen molar-refractivity contribution in [1.29, 1.82) is 0 Å². The van der Waals surface area contributed by atoms with Crippen molar-refractivity contribution in [3.63, 3.8) is 0 Å². The highest BCUT2D eigenvalue weighted by Crippen LogP contribution is 2.37. The highest BCUT2D eigenvalue weighted by molar-refractivity contribution is 9.11. The van der Waals surface area contributed by atoms with Crippen LogP contribution in [-0.2, 0) is 10.0 Å². The van der Waals surface area contributed by atoms with Gasteiger partial charge in [-0.1, -0.05) is 0 Å². The Kier molecular flexibility index (Phi) is 5.40. The van der Waals surface area contributed by atoms with Gasteiger partial charge in [0.2, 0.25) is 0 Å². The maximum atomic E-state index is 12.5. The molecule has 1 N–H and O–H groups in total. The fourth-order valence-electron chi connectivity index (χ4n) is 1.66. The Labute approximate surface area is 152 Å². The van der Waals surface area contributed by atoms with E-state index in [1.165, 1.54) is 18.4 Å². The predicted molar refractivity (Wildman–Crippen MR) is 96.0 cm³/mol. The first-order chi connectivity index (χ1) is 9.74. The number of rotatable bonds is 4. The Morgan fingerprint density at radius 1 is 1.14 bits per heavy atom. The van der Waals surface area contributed by atoms with E-state index in [1.807, 2.05) is 0 Å². The van der Waals surface area contributed by atoms with Gasteiger partial charge in [-0.2, -0.15) is 0 Å². The van der Waals surface area contributed by atoms with E-state index in [0.29, 0.717) is 15.9 Å². The van der Waals surface area contributed by atoms with Crippen molar-refractivity contribution in [2.75, 3.05) is 11.8 Å². The summed E-state index contributed by atoms with van der Waals surface area (Å²) in [6, 6.07) is 4.93. The van der Waals surface area contributed by atoms with Crippen LogP contribution in [-0.4, -0.2) is 15.5 Å². The van der Waals surface area contributed by atoms with Crippen molar-refractivity contribution in [1.82, 2.24) is 0 Å². The van der Waals surface area contributed by atoms with Crippen LogP contribution < -0.4 is 9.46 Å². The van der Waals surface area contributed by atoms with E-state index in [1.54, 1.807) is 25.1 Å². The summed E-state index contributed by atoms with van der Waals surface area (Å²) in [5.74, 6) is 0.541. The lowest BCUT2D eigenvalue weighted by Gasteiger charge is -2.12. The Bertz CT molecular complexity index is 787. The Balaban J connectivity index is 2.44. The molecule has 0 radical (unpaired) electrons. The summed E-state index contributed by atoms with van der Waals surface area (Å²) in [5, 5.41) is 0. The molecule has 0 spiro atoms. The fraction of sp³-hybridized carbons (Fsp3) is 0.167. The van der Waals surface area contributed by atoms with E-state index in [2.05, 4.69) is 52.5 Å². The second kappa shape index (κ2) is 6.57. The first kappa shape index (κ1) is 17.3. The molecule has 9 heteroatoms. The predicted octanol–water partition coefficient (Wildman–Crippen LogP) is 5.15. The molecule has 0 saturated carbocycles. The van der Waals surface area contributed by atoms with E-state index in [4.69, 9.17) is 4.74 Å². The molecule has 0 aliphatic carbocycles. The third kappa shape index (κ3) is 3.82.